The van der Waals surface area contributed by atoms with Crippen LogP contribution in [0.2, 0.25) is 0 Å². The Balaban J connectivity index is 2.38. The normalized spacial score (nSPS) is 11.3. The minimum absolute atomic E-state index is 0.256. The maximum atomic E-state index is 13.4. The van der Waals surface area contributed by atoms with E-state index >= 15 is 0 Å². The minimum Gasteiger partial charge on any atom is -0.280 e. The summed E-state index contributed by atoms with van der Waals surface area (Å²) in [5, 5.41) is 4.15. The molecule has 0 atom stereocenters. The number of hydrogen-bond donors (Lipinski definition) is 0. The summed E-state index contributed by atoms with van der Waals surface area (Å²) in [6, 6.07) is 6.54. The molecule has 0 amide bonds. The van der Waals surface area contributed by atoms with Crippen LogP contribution in [0.1, 0.15) is 12.7 Å². The topological polar surface area (TPSA) is 35.6 Å². The van der Waals surface area contributed by atoms with E-state index < -0.39 is 0 Å². The number of benzene rings is 1. The zero-order chi connectivity index (χ0) is 12.7. The Kier molecular flexibility index (Phi) is 2.40. The second-order valence-corrected chi connectivity index (χ2v) is 4.16. The van der Waals surface area contributed by atoms with E-state index in [2.05, 4.69) is 10.1 Å². The molecule has 0 radical (unpaired) electrons. The highest BCUT2D eigenvalue weighted by molar-refractivity contribution is 5.78. The lowest BCUT2D eigenvalue weighted by molar-refractivity contribution is 0.628. The first-order valence-electron chi connectivity index (χ1n) is 5.86. The van der Waals surface area contributed by atoms with Crippen LogP contribution < -0.4 is 0 Å². The Labute approximate surface area is 104 Å². The molecule has 2 aromatic heterocycles. The zero-order valence-corrected chi connectivity index (χ0v) is 10.3. The average Bonchev–Trinajstić information content (AvgIpc) is 2.91. The van der Waals surface area contributed by atoms with E-state index in [1.165, 1.54) is 12.1 Å². The van der Waals surface area contributed by atoms with Crippen molar-refractivity contribution in [2.75, 3.05) is 0 Å². The van der Waals surface area contributed by atoms with E-state index in [-0.39, 0.29) is 5.82 Å². The molecule has 0 fully saturated rings. The van der Waals surface area contributed by atoms with Crippen LogP contribution in [0.5, 0.6) is 0 Å². The van der Waals surface area contributed by atoms with Crippen molar-refractivity contribution in [1.82, 2.24) is 19.3 Å². The van der Waals surface area contributed by atoms with Crippen molar-refractivity contribution >= 4 is 11.0 Å². The van der Waals surface area contributed by atoms with Gasteiger partial charge in [-0.3, -0.25) is 9.25 Å². The van der Waals surface area contributed by atoms with Crippen molar-refractivity contribution in [3.8, 4) is 5.82 Å². The third-order valence-corrected chi connectivity index (χ3v) is 3.03. The SMILES string of the molecule is CCc1nc2ccc(F)cc2n1-c1ccnn1C. The second kappa shape index (κ2) is 3.94. The summed E-state index contributed by atoms with van der Waals surface area (Å²) < 4.78 is 17.1. The van der Waals surface area contributed by atoms with E-state index in [1.807, 2.05) is 24.6 Å². The fourth-order valence-corrected chi connectivity index (χ4v) is 2.18. The number of imidazole rings is 1. The standard InChI is InChI=1S/C13H13FN4/c1-3-12-16-10-5-4-9(14)8-11(10)18(12)13-6-7-15-17(13)2/h4-8H,3H2,1-2H3. The Hall–Kier alpha value is -2.17. The van der Waals surface area contributed by atoms with Gasteiger partial charge in [0.15, 0.2) is 0 Å². The monoisotopic (exact) mass is 244 g/mol. The van der Waals surface area contributed by atoms with E-state index in [9.17, 15) is 4.39 Å². The highest BCUT2D eigenvalue weighted by Gasteiger charge is 2.13. The van der Waals surface area contributed by atoms with Gasteiger partial charge >= 0.3 is 0 Å². The third-order valence-electron chi connectivity index (χ3n) is 3.03. The van der Waals surface area contributed by atoms with Gasteiger partial charge in [-0.15, -0.1) is 0 Å². The van der Waals surface area contributed by atoms with Crippen molar-refractivity contribution in [3.05, 3.63) is 42.1 Å². The van der Waals surface area contributed by atoms with Gasteiger partial charge in [-0.1, -0.05) is 6.92 Å². The molecule has 0 unspecified atom stereocenters. The van der Waals surface area contributed by atoms with Gasteiger partial charge in [-0.25, -0.2) is 9.37 Å². The van der Waals surface area contributed by atoms with E-state index in [0.717, 1.165) is 29.1 Å². The molecule has 0 spiro atoms. The molecule has 2 heterocycles. The van der Waals surface area contributed by atoms with Crippen LogP contribution in [0, 0.1) is 5.82 Å². The Morgan fingerprint density at radius 1 is 1.28 bits per heavy atom. The molecule has 1 aromatic carbocycles. The molecule has 4 nitrogen and oxygen atoms in total. The highest BCUT2D eigenvalue weighted by atomic mass is 19.1. The van der Waals surface area contributed by atoms with Crippen LogP contribution in [0.3, 0.4) is 0 Å². The summed E-state index contributed by atoms with van der Waals surface area (Å²) in [6.45, 7) is 2.03. The predicted octanol–water partition coefficient (Wildman–Crippen LogP) is 2.46. The summed E-state index contributed by atoms with van der Waals surface area (Å²) in [4.78, 5) is 4.52. The lowest BCUT2D eigenvalue weighted by Crippen LogP contribution is -2.06. The smallest absolute Gasteiger partial charge is 0.136 e. The van der Waals surface area contributed by atoms with Crippen LogP contribution in [0.25, 0.3) is 16.9 Å². The number of fused-ring (bicyclic) bond motifs is 1. The summed E-state index contributed by atoms with van der Waals surface area (Å²) in [5.41, 5.74) is 1.57. The first kappa shape index (κ1) is 11.0. The van der Waals surface area contributed by atoms with Crippen LogP contribution >= 0.6 is 0 Å². The molecular weight excluding hydrogens is 231 g/mol. The lowest BCUT2D eigenvalue weighted by Gasteiger charge is -2.07. The molecule has 18 heavy (non-hydrogen) atoms. The van der Waals surface area contributed by atoms with Crippen LogP contribution in [-0.4, -0.2) is 19.3 Å². The molecule has 3 rings (SSSR count). The van der Waals surface area contributed by atoms with Crippen molar-refractivity contribution in [2.45, 2.75) is 13.3 Å². The predicted molar refractivity (Wildman–Crippen MR) is 67.2 cm³/mol. The highest BCUT2D eigenvalue weighted by Crippen LogP contribution is 2.22. The summed E-state index contributed by atoms with van der Waals surface area (Å²) in [7, 11) is 1.86. The van der Waals surface area contributed by atoms with Gasteiger partial charge in [0.2, 0.25) is 0 Å². The molecular formula is C13H13FN4. The second-order valence-electron chi connectivity index (χ2n) is 4.16. The van der Waals surface area contributed by atoms with Crippen LogP contribution in [0.15, 0.2) is 30.5 Å². The summed E-state index contributed by atoms with van der Waals surface area (Å²) in [5.74, 6) is 1.53. The fraction of sp³-hybridized carbons (Fsp3) is 0.231. The first-order valence-corrected chi connectivity index (χ1v) is 5.86. The number of hydrogen-bond acceptors (Lipinski definition) is 2. The molecule has 3 aromatic rings. The molecule has 0 aliphatic rings. The zero-order valence-electron chi connectivity index (χ0n) is 10.3. The quantitative estimate of drug-likeness (QED) is 0.694. The van der Waals surface area contributed by atoms with Crippen molar-refractivity contribution in [3.63, 3.8) is 0 Å². The van der Waals surface area contributed by atoms with Crippen molar-refractivity contribution < 1.29 is 4.39 Å². The Bertz CT molecular complexity index is 711. The molecule has 0 aliphatic heterocycles. The van der Waals surface area contributed by atoms with Gasteiger partial charge < -0.3 is 0 Å². The van der Waals surface area contributed by atoms with Crippen LogP contribution in [0.4, 0.5) is 4.39 Å². The molecule has 0 bridgehead atoms. The minimum atomic E-state index is -0.256. The summed E-state index contributed by atoms with van der Waals surface area (Å²) in [6.07, 6.45) is 2.50. The van der Waals surface area contributed by atoms with E-state index in [0.29, 0.717) is 0 Å². The first-order chi connectivity index (χ1) is 8.70. The molecule has 92 valence electrons. The summed E-state index contributed by atoms with van der Waals surface area (Å²) >= 11 is 0. The van der Waals surface area contributed by atoms with Crippen molar-refractivity contribution in [1.29, 1.82) is 0 Å². The number of halogens is 1. The Morgan fingerprint density at radius 3 is 2.78 bits per heavy atom. The number of aromatic nitrogens is 4. The molecule has 5 heteroatoms. The fourth-order valence-electron chi connectivity index (χ4n) is 2.18. The largest absolute Gasteiger partial charge is 0.280 e. The van der Waals surface area contributed by atoms with Gasteiger partial charge in [-0.2, -0.15) is 5.10 Å². The van der Waals surface area contributed by atoms with Gasteiger partial charge in [0, 0.05) is 25.6 Å². The van der Waals surface area contributed by atoms with Gasteiger partial charge in [0.1, 0.15) is 17.5 Å². The van der Waals surface area contributed by atoms with Gasteiger partial charge in [-0.05, 0) is 12.1 Å². The van der Waals surface area contributed by atoms with Crippen LogP contribution in [-0.2, 0) is 13.5 Å². The van der Waals surface area contributed by atoms with E-state index in [4.69, 9.17) is 0 Å². The number of nitrogens with zero attached hydrogens (tertiary/aromatic N) is 4. The molecule has 0 saturated carbocycles. The molecule has 0 saturated heterocycles. The Morgan fingerprint density at radius 2 is 2.11 bits per heavy atom. The van der Waals surface area contributed by atoms with Gasteiger partial charge in [0.05, 0.1) is 17.2 Å². The average molecular weight is 244 g/mol. The van der Waals surface area contributed by atoms with E-state index in [1.54, 1.807) is 16.9 Å². The molecule has 0 N–H and O–H groups in total. The van der Waals surface area contributed by atoms with Crippen molar-refractivity contribution in [2.24, 2.45) is 7.05 Å². The lowest BCUT2D eigenvalue weighted by atomic mass is 10.3. The maximum absolute atomic E-state index is 13.4. The maximum Gasteiger partial charge on any atom is 0.136 e. The number of rotatable bonds is 2. The number of aryl methyl sites for hydroxylation is 2. The van der Waals surface area contributed by atoms with Gasteiger partial charge in [0.25, 0.3) is 0 Å². The third kappa shape index (κ3) is 1.51. The molecule has 0 aliphatic carbocycles.